The Kier molecular flexibility index (Phi) is 8.89. The van der Waals surface area contributed by atoms with Gasteiger partial charge in [0.1, 0.15) is 0 Å². The number of benzene rings is 12. The number of aromatic nitrogens is 5. The van der Waals surface area contributed by atoms with Crippen LogP contribution in [-0.2, 0) is 0 Å². The van der Waals surface area contributed by atoms with Gasteiger partial charge >= 0.3 is 0 Å². The Hall–Kier alpha value is -9.71. The molecule has 0 aliphatic heterocycles. The molecule has 12 aromatic carbocycles. The third kappa shape index (κ3) is 6.31. The molecule has 0 radical (unpaired) electrons. The van der Waals surface area contributed by atoms with E-state index in [4.69, 9.17) is 15.0 Å². The Balaban J connectivity index is 0.949. The molecule has 5 nitrogen and oxygen atoms in total. The van der Waals surface area contributed by atoms with E-state index in [0.717, 1.165) is 66.4 Å². The van der Waals surface area contributed by atoms with Crippen LogP contribution in [0.3, 0.4) is 0 Å². The van der Waals surface area contributed by atoms with Crippen molar-refractivity contribution in [2.45, 2.75) is 0 Å². The topological polar surface area (TPSA) is 48.5 Å². The zero-order valence-electron chi connectivity index (χ0n) is 38.9. The van der Waals surface area contributed by atoms with Gasteiger partial charge in [-0.1, -0.05) is 182 Å². The molecular weight excluding hydrogens is 875 g/mol. The number of rotatable bonds is 6. The summed E-state index contributed by atoms with van der Waals surface area (Å²) in [6, 6.07) is 89.5. The zero-order valence-corrected chi connectivity index (χ0v) is 38.9. The molecule has 0 spiro atoms. The molecule has 3 heterocycles. The van der Waals surface area contributed by atoms with Gasteiger partial charge < -0.3 is 9.13 Å². The first-order valence-electron chi connectivity index (χ1n) is 24.5. The summed E-state index contributed by atoms with van der Waals surface area (Å²) in [6.07, 6.45) is 0. The van der Waals surface area contributed by atoms with Crippen molar-refractivity contribution in [3.05, 3.63) is 249 Å². The van der Waals surface area contributed by atoms with Crippen LogP contribution in [0.5, 0.6) is 0 Å². The third-order valence-corrected chi connectivity index (χ3v) is 14.7. The van der Waals surface area contributed by atoms with Crippen LogP contribution >= 0.6 is 0 Å². The first kappa shape index (κ1) is 40.2. The summed E-state index contributed by atoms with van der Waals surface area (Å²) in [7, 11) is 0. The van der Waals surface area contributed by atoms with Gasteiger partial charge in [0.15, 0.2) is 17.5 Å². The molecule has 0 aliphatic rings. The Morgan fingerprint density at radius 3 is 1.64 bits per heavy atom. The molecule has 0 amide bonds. The van der Waals surface area contributed by atoms with E-state index >= 15 is 0 Å². The van der Waals surface area contributed by atoms with E-state index in [0.29, 0.717) is 17.5 Å². The van der Waals surface area contributed by atoms with Gasteiger partial charge in [-0.25, -0.2) is 15.0 Å². The molecule has 0 N–H and O–H groups in total. The molecule has 0 saturated heterocycles. The molecule has 0 aliphatic carbocycles. The van der Waals surface area contributed by atoms with Crippen LogP contribution < -0.4 is 0 Å². The summed E-state index contributed by atoms with van der Waals surface area (Å²) in [5.41, 5.74) is 11.9. The summed E-state index contributed by atoms with van der Waals surface area (Å²) >= 11 is 0. The van der Waals surface area contributed by atoms with Crippen LogP contribution in [0.25, 0.3) is 143 Å². The highest BCUT2D eigenvalue weighted by Gasteiger charge is 2.22. The van der Waals surface area contributed by atoms with Gasteiger partial charge in [0.25, 0.3) is 0 Å². The fraction of sp³-hybridized carbons (Fsp3) is 0. The number of hydrogen-bond acceptors (Lipinski definition) is 3. The lowest BCUT2D eigenvalue weighted by molar-refractivity contribution is 1.08. The molecule has 0 saturated carbocycles. The lowest BCUT2D eigenvalue weighted by Crippen LogP contribution is -2.02. The van der Waals surface area contributed by atoms with E-state index in [2.05, 4.69) is 252 Å². The molecule has 15 aromatic rings. The molecule has 334 valence electrons. The van der Waals surface area contributed by atoms with Gasteiger partial charge in [0, 0.05) is 49.3 Å². The molecule has 0 bridgehead atoms. The Labute approximate surface area is 414 Å². The maximum Gasteiger partial charge on any atom is 0.164 e. The van der Waals surface area contributed by atoms with Crippen LogP contribution in [-0.4, -0.2) is 24.1 Å². The smallest absolute Gasteiger partial charge is 0.164 e. The van der Waals surface area contributed by atoms with Gasteiger partial charge in [0.05, 0.1) is 27.8 Å². The SMILES string of the molecule is c1ccc(-c2cccc(-c3nc(-c4ccc5ccccc5c4)nc(-c4ccc(-n5c6ccc(-n7c8ccccc8c8c9ccccc9ccc87)cc6c6cc7ccccc7cc65)c5ccccc45)n3)c2)cc1. The summed E-state index contributed by atoms with van der Waals surface area (Å²) in [5.74, 6) is 1.86. The monoisotopic (exact) mass is 915 g/mol. The number of para-hydroxylation sites is 1. The molecule has 72 heavy (non-hydrogen) atoms. The van der Waals surface area contributed by atoms with Gasteiger partial charge in [-0.05, 0) is 116 Å². The fourth-order valence-electron chi connectivity index (χ4n) is 11.3. The molecule has 5 heteroatoms. The second-order valence-corrected chi connectivity index (χ2v) is 18.8. The van der Waals surface area contributed by atoms with Gasteiger partial charge in [-0.3, -0.25) is 0 Å². The Morgan fingerprint density at radius 1 is 0.250 bits per heavy atom. The molecule has 0 fully saturated rings. The molecule has 0 unspecified atom stereocenters. The first-order valence-corrected chi connectivity index (χ1v) is 24.5. The third-order valence-electron chi connectivity index (χ3n) is 14.7. The standard InChI is InChI=1S/C67H41N5/c1-2-15-42(16-3-1)46-22-14-23-49(37-46)65-68-66(50-30-29-43-17-4-5-19-45(43)38-50)70-67(69-65)55-33-36-60(54-26-11-10-25-53(54)55)72-61-35-32-51(41-58(61)57-39-47-20-6-7-21-48(47)40-63(57)72)71-59-28-13-12-27-56(59)64-52-24-9-8-18-44(52)31-34-62(64)71/h1-41H. The summed E-state index contributed by atoms with van der Waals surface area (Å²) in [5, 5.41) is 14.3. The normalized spacial score (nSPS) is 11.9. The van der Waals surface area contributed by atoms with Crippen molar-refractivity contribution >= 4 is 86.7 Å². The zero-order chi connectivity index (χ0) is 47.3. The predicted octanol–water partition coefficient (Wildman–Crippen LogP) is 17.3. The van der Waals surface area contributed by atoms with Crippen LogP contribution in [0.15, 0.2) is 249 Å². The minimum atomic E-state index is 0.618. The Bertz CT molecular complexity index is 4700. The Morgan fingerprint density at radius 2 is 0.819 bits per heavy atom. The van der Waals surface area contributed by atoms with E-state index < -0.39 is 0 Å². The first-order chi connectivity index (χ1) is 35.7. The molecular formula is C67H41N5. The molecule has 15 rings (SSSR count). The molecule has 3 aromatic heterocycles. The van der Waals surface area contributed by atoms with Crippen molar-refractivity contribution in [1.82, 2.24) is 24.1 Å². The predicted molar refractivity (Wildman–Crippen MR) is 300 cm³/mol. The highest BCUT2D eigenvalue weighted by Crippen LogP contribution is 2.42. The van der Waals surface area contributed by atoms with Crippen LogP contribution in [0, 0.1) is 0 Å². The summed E-state index contributed by atoms with van der Waals surface area (Å²) in [4.78, 5) is 15.9. The summed E-state index contributed by atoms with van der Waals surface area (Å²) in [6.45, 7) is 0. The van der Waals surface area contributed by atoms with E-state index in [-0.39, 0.29) is 0 Å². The number of nitrogens with zero attached hydrogens (tertiary/aromatic N) is 5. The lowest BCUT2D eigenvalue weighted by atomic mass is 10.0. The number of fused-ring (bicyclic) bond motifs is 11. The van der Waals surface area contributed by atoms with E-state index in [1.165, 1.54) is 59.5 Å². The van der Waals surface area contributed by atoms with Crippen molar-refractivity contribution in [3.8, 4) is 56.7 Å². The van der Waals surface area contributed by atoms with Gasteiger partial charge in [-0.15, -0.1) is 0 Å². The van der Waals surface area contributed by atoms with Gasteiger partial charge in [0.2, 0.25) is 0 Å². The lowest BCUT2D eigenvalue weighted by Gasteiger charge is -2.16. The largest absolute Gasteiger partial charge is 0.309 e. The van der Waals surface area contributed by atoms with E-state index in [9.17, 15) is 0 Å². The quantitative estimate of drug-likeness (QED) is 0.167. The minimum Gasteiger partial charge on any atom is -0.309 e. The van der Waals surface area contributed by atoms with Crippen molar-refractivity contribution in [2.24, 2.45) is 0 Å². The average molecular weight is 916 g/mol. The van der Waals surface area contributed by atoms with Crippen LogP contribution in [0.1, 0.15) is 0 Å². The molecule has 0 atom stereocenters. The highest BCUT2D eigenvalue weighted by molar-refractivity contribution is 6.22. The van der Waals surface area contributed by atoms with Crippen molar-refractivity contribution in [3.63, 3.8) is 0 Å². The number of hydrogen-bond donors (Lipinski definition) is 0. The minimum absolute atomic E-state index is 0.618. The fourth-order valence-corrected chi connectivity index (χ4v) is 11.3. The van der Waals surface area contributed by atoms with Crippen molar-refractivity contribution < 1.29 is 0 Å². The second kappa shape index (κ2) is 15.9. The van der Waals surface area contributed by atoms with E-state index in [1.807, 2.05) is 6.07 Å². The maximum atomic E-state index is 5.34. The van der Waals surface area contributed by atoms with Crippen molar-refractivity contribution in [2.75, 3.05) is 0 Å². The second-order valence-electron chi connectivity index (χ2n) is 18.8. The van der Waals surface area contributed by atoms with Crippen LogP contribution in [0.4, 0.5) is 0 Å². The summed E-state index contributed by atoms with van der Waals surface area (Å²) < 4.78 is 4.90. The van der Waals surface area contributed by atoms with E-state index in [1.54, 1.807) is 0 Å². The maximum absolute atomic E-state index is 5.34. The van der Waals surface area contributed by atoms with Crippen LogP contribution in [0.2, 0.25) is 0 Å². The average Bonchev–Trinajstić information content (AvgIpc) is 3.96. The van der Waals surface area contributed by atoms with Crippen molar-refractivity contribution in [1.29, 1.82) is 0 Å². The highest BCUT2D eigenvalue weighted by atomic mass is 15.0. The van der Waals surface area contributed by atoms with Gasteiger partial charge in [-0.2, -0.15) is 0 Å².